The van der Waals surface area contributed by atoms with E-state index in [-0.39, 0.29) is 30.4 Å². The first-order chi connectivity index (χ1) is 8.08. The minimum absolute atomic E-state index is 0. The molecule has 0 aromatic carbocycles. The predicted molar refractivity (Wildman–Crippen MR) is 81.8 cm³/mol. The summed E-state index contributed by atoms with van der Waals surface area (Å²) in [7, 11) is 0. The maximum absolute atomic E-state index is 12.0. The molecule has 0 bridgehead atoms. The molecule has 1 aromatic rings. The van der Waals surface area contributed by atoms with Crippen LogP contribution in [0.25, 0.3) is 0 Å². The van der Waals surface area contributed by atoms with Crippen LogP contribution in [0.15, 0.2) is 6.07 Å². The Morgan fingerprint density at radius 2 is 2.28 bits per heavy atom. The molecular formula is C12H19ClN2OS2. The highest BCUT2D eigenvalue weighted by atomic mass is 35.5. The molecule has 6 heteroatoms. The number of hydrogen-bond acceptors (Lipinski definition) is 4. The van der Waals surface area contributed by atoms with Crippen molar-refractivity contribution in [2.75, 3.05) is 11.6 Å². The fourth-order valence-electron chi connectivity index (χ4n) is 2.04. The molecule has 1 aliphatic rings. The average molecular weight is 307 g/mol. The van der Waals surface area contributed by atoms with E-state index in [1.54, 1.807) is 23.1 Å². The maximum atomic E-state index is 12.0. The van der Waals surface area contributed by atoms with Gasteiger partial charge in [-0.05, 0) is 32.4 Å². The molecule has 2 atom stereocenters. The largest absolute Gasteiger partial charge is 0.348 e. The van der Waals surface area contributed by atoms with Gasteiger partial charge in [-0.1, -0.05) is 0 Å². The quantitative estimate of drug-likeness (QED) is 0.902. The summed E-state index contributed by atoms with van der Waals surface area (Å²) in [6.45, 7) is 6.26. The molecule has 0 spiro atoms. The summed E-state index contributed by atoms with van der Waals surface area (Å²) in [6.07, 6.45) is 0. The van der Waals surface area contributed by atoms with Crippen LogP contribution in [0, 0.1) is 13.8 Å². The first-order valence-corrected chi connectivity index (χ1v) is 7.73. The van der Waals surface area contributed by atoms with E-state index >= 15 is 0 Å². The first-order valence-electron chi connectivity index (χ1n) is 5.76. The highest BCUT2D eigenvalue weighted by molar-refractivity contribution is 7.99. The molecule has 0 saturated carbocycles. The van der Waals surface area contributed by atoms with Crippen molar-refractivity contribution in [2.45, 2.75) is 32.9 Å². The van der Waals surface area contributed by atoms with Gasteiger partial charge in [-0.25, -0.2) is 0 Å². The third-order valence-electron chi connectivity index (χ3n) is 2.94. The van der Waals surface area contributed by atoms with Crippen LogP contribution < -0.4 is 10.6 Å². The Labute approximate surface area is 123 Å². The zero-order valence-corrected chi connectivity index (χ0v) is 13.2. The topological polar surface area (TPSA) is 41.1 Å². The van der Waals surface area contributed by atoms with Crippen molar-refractivity contribution >= 4 is 41.4 Å². The monoisotopic (exact) mass is 306 g/mol. The van der Waals surface area contributed by atoms with Crippen LogP contribution in [0.5, 0.6) is 0 Å². The van der Waals surface area contributed by atoms with E-state index in [1.165, 1.54) is 15.3 Å². The van der Waals surface area contributed by atoms with Crippen molar-refractivity contribution in [3.8, 4) is 0 Å². The molecule has 0 radical (unpaired) electrons. The summed E-state index contributed by atoms with van der Waals surface area (Å²) in [5, 5.41) is 6.27. The Morgan fingerprint density at radius 3 is 2.78 bits per heavy atom. The van der Waals surface area contributed by atoms with E-state index in [4.69, 9.17) is 0 Å². The van der Waals surface area contributed by atoms with Gasteiger partial charge in [0, 0.05) is 21.4 Å². The zero-order valence-electron chi connectivity index (χ0n) is 10.8. The lowest BCUT2D eigenvalue weighted by atomic mass is 10.1. The minimum Gasteiger partial charge on any atom is -0.348 e. The molecule has 0 aliphatic carbocycles. The molecule has 18 heavy (non-hydrogen) atoms. The standard InChI is InChI=1S/C12H18N2OS2.ClH/c1-7-4-10(9(3)17-7)8(2)14-12(15)11-5-16-6-13-11;/h4,8,11,13H,5-6H2,1-3H3,(H,14,15);1H. The second kappa shape index (κ2) is 6.80. The number of thioether (sulfide) groups is 1. The minimum atomic E-state index is -0.0255. The van der Waals surface area contributed by atoms with E-state index in [9.17, 15) is 4.79 Å². The SMILES string of the molecule is Cc1cc(C(C)NC(=O)C2CSCN2)c(C)s1.Cl. The molecule has 2 unspecified atom stereocenters. The van der Waals surface area contributed by atoms with Gasteiger partial charge in [-0.3, -0.25) is 10.1 Å². The van der Waals surface area contributed by atoms with Crippen LogP contribution in [-0.4, -0.2) is 23.6 Å². The van der Waals surface area contributed by atoms with Gasteiger partial charge in [0.15, 0.2) is 0 Å². The molecule has 1 fully saturated rings. The van der Waals surface area contributed by atoms with E-state index < -0.39 is 0 Å². The molecule has 1 aromatic heterocycles. The molecule has 2 heterocycles. The zero-order chi connectivity index (χ0) is 12.4. The van der Waals surface area contributed by atoms with Crippen molar-refractivity contribution in [1.29, 1.82) is 0 Å². The van der Waals surface area contributed by atoms with Crippen molar-refractivity contribution < 1.29 is 4.79 Å². The van der Waals surface area contributed by atoms with Crippen molar-refractivity contribution in [2.24, 2.45) is 0 Å². The van der Waals surface area contributed by atoms with Crippen LogP contribution in [0.2, 0.25) is 0 Å². The number of hydrogen-bond donors (Lipinski definition) is 2. The van der Waals surface area contributed by atoms with Gasteiger partial charge >= 0.3 is 0 Å². The van der Waals surface area contributed by atoms with Gasteiger partial charge in [-0.15, -0.1) is 35.5 Å². The number of rotatable bonds is 3. The fraction of sp³-hybridized carbons (Fsp3) is 0.583. The van der Waals surface area contributed by atoms with Crippen molar-refractivity contribution in [3.05, 3.63) is 21.4 Å². The van der Waals surface area contributed by atoms with E-state index in [0.717, 1.165) is 11.6 Å². The number of nitrogens with one attached hydrogen (secondary N) is 2. The summed E-state index contributed by atoms with van der Waals surface area (Å²) in [5.41, 5.74) is 1.24. The Kier molecular flexibility index (Phi) is 5.98. The fourth-order valence-corrected chi connectivity index (χ4v) is 4.00. The average Bonchev–Trinajstić information content (AvgIpc) is 2.87. The molecule has 1 saturated heterocycles. The molecular weight excluding hydrogens is 288 g/mol. The van der Waals surface area contributed by atoms with Gasteiger partial charge in [-0.2, -0.15) is 0 Å². The van der Waals surface area contributed by atoms with E-state index in [0.29, 0.717) is 0 Å². The number of aryl methyl sites for hydroxylation is 2. The summed E-state index contributed by atoms with van der Waals surface area (Å²) >= 11 is 3.56. The highest BCUT2D eigenvalue weighted by Crippen LogP contribution is 2.26. The van der Waals surface area contributed by atoms with Crippen LogP contribution >= 0.6 is 35.5 Å². The number of thiophene rings is 1. The molecule has 2 rings (SSSR count). The molecule has 1 aliphatic heterocycles. The smallest absolute Gasteiger partial charge is 0.238 e. The Hall–Kier alpha value is -0.230. The number of halogens is 1. The first kappa shape index (κ1) is 15.8. The van der Waals surface area contributed by atoms with Crippen molar-refractivity contribution in [1.82, 2.24) is 10.6 Å². The van der Waals surface area contributed by atoms with Gasteiger partial charge in [0.2, 0.25) is 5.91 Å². The Balaban J connectivity index is 0.00000162. The van der Waals surface area contributed by atoms with Crippen LogP contribution in [0.3, 0.4) is 0 Å². The molecule has 1 amide bonds. The van der Waals surface area contributed by atoms with E-state index in [2.05, 4.69) is 37.5 Å². The number of carbonyl (C=O) groups excluding carboxylic acids is 1. The van der Waals surface area contributed by atoms with Crippen LogP contribution in [0.1, 0.15) is 28.3 Å². The Bertz CT molecular complexity index is 416. The van der Waals surface area contributed by atoms with Gasteiger partial charge < -0.3 is 5.32 Å². The van der Waals surface area contributed by atoms with Crippen LogP contribution in [-0.2, 0) is 4.79 Å². The summed E-state index contributed by atoms with van der Waals surface area (Å²) in [4.78, 5) is 14.6. The van der Waals surface area contributed by atoms with Gasteiger partial charge in [0.1, 0.15) is 0 Å². The number of amides is 1. The van der Waals surface area contributed by atoms with Gasteiger partial charge in [0.05, 0.1) is 12.1 Å². The lowest BCUT2D eigenvalue weighted by Gasteiger charge is -2.17. The Morgan fingerprint density at radius 1 is 1.56 bits per heavy atom. The number of carbonyl (C=O) groups is 1. The van der Waals surface area contributed by atoms with E-state index in [1.807, 2.05) is 0 Å². The third kappa shape index (κ3) is 3.63. The summed E-state index contributed by atoms with van der Waals surface area (Å²) in [5.74, 6) is 1.87. The highest BCUT2D eigenvalue weighted by Gasteiger charge is 2.24. The molecule has 3 nitrogen and oxygen atoms in total. The second-order valence-corrected chi connectivity index (χ2v) is 6.86. The lowest BCUT2D eigenvalue weighted by molar-refractivity contribution is -0.123. The second-order valence-electron chi connectivity index (χ2n) is 4.37. The van der Waals surface area contributed by atoms with Crippen LogP contribution in [0.4, 0.5) is 0 Å². The maximum Gasteiger partial charge on any atom is 0.238 e. The predicted octanol–water partition coefficient (Wildman–Crippen LogP) is 2.63. The normalized spacial score (nSPS) is 20.3. The van der Waals surface area contributed by atoms with Crippen molar-refractivity contribution in [3.63, 3.8) is 0 Å². The summed E-state index contributed by atoms with van der Waals surface area (Å²) < 4.78 is 0. The molecule has 102 valence electrons. The molecule has 2 N–H and O–H groups in total. The summed E-state index contributed by atoms with van der Waals surface area (Å²) in [6, 6.07) is 2.24. The van der Waals surface area contributed by atoms with Gasteiger partial charge in [0.25, 0.3) is 0 Å². The lowest BCUT2D eigenvalue weighted by Crippen LogP contribution is -2.42. The third-order valence-corrected chi connectivity index (χ3v) is 4.86.